The smallest absolute Gasteiger partial charge is 0.0714 e. The standard InChI is InChI=1S/C102H72N4/c1-9-31-74(32-10-1)101(75-33-11-2-12-34-75)96-52-27-25-47-91(96)93-69-67-87(71-98(93)101)105(85-61-59-83(60-62-85)103(78-39-17-5-18-40-78)79-41-19-6-20-42-79)82-57-55-73(56-58-82)89-49-29-51-95-90(89)50-30-54-100(95)106(86-65-63-84(64-66-86)104(80-43-21-7-22-44-80)81-45-23-8-24-46-81)88-68-70-94-92-48-26-28-53-97(92)102(99(94)72-88,76-35-13-3-14-36-76)77-37-15-4-16-38-77/h1-72H. The Kier molecular flexibility index (Phi) is 16.0. The highest BCUT2D eigenvalue weighted by Gasteiger charge is 2.48. The van der Waals surface area contributed by atoms with Gasteiger partial charge < -0.3 is 19.6 Å². The molecule has 0 radical (unpaired) electrons. The molecule has 500 valence electrons. The Labute approximate surface area is 620 Å². The van der Waals surface area contributed by atoms with E-state index in [2.05, 4.69) is 456 Å². The third kappa shape index (κ3) is 10.6. The maximum atomic E-state index is 2.49. The zero-order chi connectivity index (χ0) is 70.4. The van der Waals surface area contributed by atoms with Crippen LogP contribution < -0.4 is 19.6 Å². The van der Waals surface area contributed by atoms with Crippen molar-refractivity contribution in [3.63, 3.8) is 0 Å². The minimum absolute atomic E-state index is 0.588. The van der Waals surface area contributed by atoms with Crippen LogP contribution in [0.5, 0.6) is 0 Å². The molecule has 17 aromatic carbocycles. The largest absolute Gasteiger partial charge is 0.311 e. The summed E-state index contributed by atoms with van der Waals surface area (Å²) in [6, 6.07) is 161. The van der Waals surface area contributed by atoms with E-state index in [1.165, 1.54) is 66.8 Å². The number of rotatable bonds is 17. The van der Waals surface area contributed by atoms with Crippen molar-refractivity contribution < 1.29 is 0 Å². The summed E-state index contributed by atoms with van der Waals surface area (Å²) in [6.07, 6.45) is 0. The van der Waals surface area contributed by atoms with Crippen LogP contribution in [-0.2, 0) is 10.8 Å². The molecular weight excluding hydrogens is 1280 g/mol. The van der Waals surface area contributed by atoms with E-state index in [-0.39, 0.29) is 0 Å². The van der Waals surface area contributed by atoms with Crippen LogP contribution in [0.15, 0.2) is 437 Å². The van der Waals surface area contributed by atoms with E-state index in [0.717, 1.165) is 90.1 Å². The molecule has 0 unspecified atom stereocenters. The fourth-order valence-corrected chi connectivity index (χ4v) is 17.3. The second kappa shape index (κ2) is 26.9. The summed E-state index contributed by atoms with van der Waals surface area (Å²) in [6.45, 7) is 0. The maximum Gasteiger partial charge on any atom is 0.0714 e. The van der Waals surface area contributed by atoms with Crippen molar-refractivity contribution in [2.24, 2.45) is 0 Å². The third-order valence-electron chi connectivity index (χ3n) is 21.8. The monoisotopic (exact) mass is 1350 g/mol. The van der Waals surface area contributed by atoms with E-state index in [1.807, 2.05) is 0 Å². The Balaban J connectivity index is 0.768. The Hall–Kier alpha value is -13.8. The van der Waals surface area contributed by atoms with Crippen LogP contribution in [0.3, 0.4) is 0 Å². The van der Waals surface area contributed by atoms with Crippen LogP contribution in [0.2, 0.25) is 0 Å². The normalized spacial score (nSPS) is 12.7. The van der Waals surface area contributed by atoms with Gasteiger partial charge in [-0.2, -0.15) is 0 Å². The highest BCUT2D eigenvalue weighted by atomic mass is 15.2. The van der Waals surface area contributed by atoms with Crippen LogP contribution in [0.1, 0.15) is 44.5 Å². The second-order valence-electron chi connectivity index (χ2n) is 27.5. The first-order valence-electron chi connectivity index (χ1n) is 36.6. The molecule has 2 aliphatic carbocycles. The fourth-order valence-electron chi connectivity index (χ4n) is 17.3. The molecule has 106 heavy (non-hydrogen) atoms. The van der Waals surface area contributed by atoms with Gasteiger partial charge in [0, 0.05) is 67.9 Å². The van der Waals surface area contributed by atoms with E-state index < -0.39 is 10.8 Å². The number of nitrogens with zero attached hydrogens (tertiary/aromatic N) is 4. The number of benzene rings is 17. The molecule has 0 heterocycles. The number of anilines is 12. The van der Waals surface area contributed by atoms with E-state index >= 15 is 0 Å². The Morgan fingerprint density at radius 2 is 0.406 bits per heavy atom. The van der Waals surface area contributed by atoms with E-state index in [1.54, 1.807) is 0 Å². The Morgan fingerprint density at radius 1 is 0.151 bits per heavy atom. The molecule has 0 spiro atoms. The minimum Gasteiger partial charge on any atom is -0.311 e. The summed E-state index contributed by atoms with van der Waals surface area (Å²) in [5.41, 5.74) is 28.7. The SMILES string of the molecule is c1ccc(N(c2ccccc2)c2ccc(N(c3ccc(-c4cccc5c(N(c6ccc(N(c7ccccc7)c7ccccc7)cc6)c6ccc7c(c6)C(c6ccccc6)(c6ccccc6)c6ccccc6-7)cccc45)cc3)c3ccc4c(c3)C(c3ccccc3)(c3ccccc3)c3ccccc3-4)cc2)cc1. The maximum absolute atomic E-state index is 2.49. The van der Waals surface area contributed by atoms with Crippen LogP contribution in [0.4, 0.5) is 68.2 Å². The Bertz CT molecular complexity index is 5820. The topological polar surface area (TPSA) is 13.0 Å². The van der Waals surface area contributed by atoms with Gasteiger partial charge >= 0.3 is 0 Å². The van der Waals surface area contributed by atoms with Gasteiger partial charge in [-0.25, -0.2) is 0 Å². The average molecular weight is 1350 g/mol. The van der Waals surface area contributed by atoms with Gasteiger partial charge in [0.05, 0.1) is 16.5 Å². The van der Waals surface area contributed by atoms with Crippen molar-refractivity contribution in [1.29, 1.82) is 0 Å². The van der Waals surface area contributed by atoms with Gasteiger partial charge in [0.15, 0.2) is 0 Å². The first-order chi connectivity index (χ1) is 52.6. The number of hydrogen-bond donors (Lipinski definition) is 0. The van der Waals surface area contributed by atoms with Gasteiger partial charge in [0.1, 0.15) is 0 Å². The summed E-state index contributed by atoms with van der Waals surface area (Å²) in [5.74, 6) is 0. The summed E-state index contributed by atoms with van der Waals surface area (Å²) in [7, 11) is 0. The minimum atomic E-state index is -0.601. The molecule has 17 aromatic rings. The van der Waals surface area contributed by atoms with E-state index in [0.29, 0.717) is 0 Å². The molecule has 0 aliphatic heterocycles. The molecule has 4 nitrogen and oxygen atoms in total. The van der Waals surface area contributed by atoms with Crippen molar-refractivity contribution in [1.82, 2.24) is 0 Å². The lowest BCUT2D eigenvalue weighted by molar-refractivity contribution is 0.768. The van der Waals surface area contributed by atoms with Gasteiger partial charge in [-0.3, -0.25) is 0 Å². The highest BCUT2D eigenvalue weighted by Crippen LogP contribution is 2.60. The third-order valence-corrected chi connectivity index (χ3v) is 21.8. The molecule has 0 atom stereocenters. The number of hydrogen-bond acceptors (Lipinski definition) is 4. The molecule has 0 bridgehead atoms. The van der Waals surface area contributed by atoms with E-state index in [4.69, 9.17) is 0 Å². The summed E-state index contributed by atoms with van der Waals surface area (Å²) in [4.78, 5) is 9.59. The number of para-hydroxylation sites is 4. The lowest BCUT2D eigenvalue weighted by atomic mass is 9.67. The molecular formula is C102H72N4. The van der Waals surface area contributed by atoms with Gasteiger partial charge in [0.2, 0.25) is 0 Å². The lowest BCUT2D eigenvalue weighted by Crippen LogP contribution is -2.28. The van der Waals surface area contributed by atoms with Crippen molar-refractivity contribution >= 4 is 79.0 Å². The van der Waals surface area contributed by atoms with E-state index in [9.17, 15) is 0 Å². The van der Waals surface area contributed by atoms with Gasteiger partial charge in [-0.1, -0.05) is 297 Å². The molecule has 0 N–H and O–H groups in total. The summed E-state index contributed by atoms with van der Waals surface area (Å²) >= 11 is 0. The zero-order valence-corrected chi connectivity index (χ0v) is 58.4. The number of fused-ring (bicyclic) bond motifs is 7. The molecule has 0 saturated carbocycles. The van der Waals surface area contributed by atoms with Crippen molar-refractivity contribution in [2.75, 3.05) is 19.6 Å². The predicted molar refractivity (Wildman–Crippen MR) is 443 cm³/mol. The molecule has 2 aliphatic rings. The van der Waals surface area contributed by atoms with Crippen molar-refractivity contribution in [3.05, 3.63) is 481 Å². The van der Waals surface area contributed by atoms with Gasteiger partial charge in [-0.15, -0.1) is 0 Å². The predicted octanol–water partition coefficient (Wildman–Crippen LogP) is 27.1. The van der Waals surface area contributed by atoms with Crippen molar-refractivity contribution in [2.45, 2.75) is 10.8 Å². The molecule has 0 fully saturated rings. The highest BCUT2D eigenvalue weighted by molar-refractivity contribution is 6.06. The summed E-state index contributed by atoms with van der Waals surface area (Å²) < 4.78 is 0. The molecule has 0 aromatic heterocycles. The van der Waals surface area contributed by atoms with Crippen LogP contribution in [-0.4, -0.2) is 0 Å². The lowest BCUT2D eigenvalue weighted by Gasteiger charge is -2.35. The van der Waals surface area contributed by atoms with Gasteiger partial charge in [0.25, 0.3) is 0 Å². The molecule has 0 amide bonds. The van der Waals surface area contributed by atoms with Gasteiger partial charge in [-0.05, 0) is 223 Å². The second-order valence-corrected chi connectivity index (χ2v) is 27.5. The first kappa shape index (κ1) is 63.1. The fraction of sp³-hybridized carbons (Fsp3) is 0.0196. The quantitative estimate of drug-likeness (QED) is 0.0901. The zero-order valence-electron chi connectivity index (χ0n) is 58.4. The first-order valence-corrected chi connectivity index (χ1v) is 36.6. The van der Waals surface area contributed by atoms with Crippen LogP contribution in [0, 0.1) is 0 Å². The molecule has 4 heteroatoms. The Morgan fingerprint density at radius 3 is 0.783 bits per heavy atom. The van der Waals surface area contributed by atoms with Crippen LogP contribution >= 0.6 is 0 Å². The summed E-state index contributed by atoms with van der Waals surface area (Å²) in [5, 5.41) is 2.28. The molecule has 19 rings (SSSR count). The molecule has 0 saturated heterocycles. The van der Waals surface area contributed by atoms with Crippen LogP contribution in [0.25, 0.3) is 44.2 Å². The van der Waals surface area contributed by atoms with Crippen molar-refractivity contribution in [3.8, 4) is 33.4 Å². The average Bonchev–Trinajstić information content (AvgIpc) is 1.54.